The zero-order valence-electron chi connectivity index (χ0n) is 14.5. The summed E-state index contributed by atoms with van der Waals surface area (Å²) in [6, 6.07) is 9.91. The molecule has 2 aromatic carbocycles. The van der Waals surface area contributed by atoms with Crippen LogP contribution in [0.3, 0.4) is 0 Å². The number of carbonyl (C=O) groups excluding carboxylic acids is 2. The number of hydrogen-bond donors (Lipinski definition) is 1. The summed E-state index contributed by atoms with van der Waals surface area (Å²) in [5.74, 6) is 0.280. The number of benzene rings is 2. The molecule has 28 heavy (non-hydrogen) atoms. The standard InChI is InChI=1S/C19H13ClN2O5S/c1-25-14-8-16-15(26-9-27-16)6-10(14)5-13-17(23)21-19(28)22(18(13)24)12-4-2-3-11(20)7-12/h2-8H,9H2,1H3,(H,21,23,28)/b13-5-. The lowest BCUT2D eigenvalue weighted by Crippen LogP contribution is -2.54. The van der Waals surface area contributed by atoms with Gasteiger partial charge < -0.3 is 14.2 Å². The van der Waals surface area contributed by atoms with Gasteiger partial charge in [0.2, 0.25) is 6.79 Å². The SMILES string of the molecule is COc1cc2c(cc1/C=C1/C(=O)NC(=S)N(c3cccc(Cl)c3)C1=O)OCO2. The zero-order valence-corrected chi connectivity index (χ0v) is 16.1. The molecule has 2 aliphatic rings. The summed E-state index contributed by atoms with van der Waals surface area (Å²) in [6.07, 6.45) is 1.43. The number of nitrogens with zero attached hydrogens (tertiary/aromatic N) is 1. The second-order valence-electron chi connectivity index (χ2n) is 5.89. The number of anilines is 1. The van der Waals surface area contributed by atoms with Crippen LogP contribution in [0.25, 0.3) is 6.08 Å². The van der Waals surface area contributed by atoms with Crippen molar-refractivity contribution in [3.63, 3.8) is 0 Å². The second kappa shape index (κ2) is 7.14. The topological polar surface area (TPSA) is 77.1 Å². The van der Waals surface area contributed by atoms with Gasteiger partial charge in [0.25, 0.3) is 11.8 Å². The monoisotopic (exact) mass is 416 g/mol. The summed E-state index contributed by atoms with van der Waals surface area (Å²) >= 11 is 11.2. The Kier molecular flexibility index (Phi) is 4.66. The molecule has 9 heteroatoms. The van der Waals surface area contributed by atoms with Gasteiger partial charge in [0.05, 0.1) is 12.8 Å². The third-order valence-electron chi connectivity index (χ3n) is 4.19. The molecule has 2 heterocycles. The van der Waals surface area contributed by atoms with Gasteiger partial charge in [-0.25, -0.2) is 0 Å². The quantitative estimate of drug-likeness (QED) is 0.471. The van der Waals surface area contributed by atoms with Crippen LogP contribution in [0.2, 0.25) is 5.02 Å². The predicted molar refractivity (Wildman–Crippen MR) is 107 cm³/mol. The van der Waals surface area contributed by atoms with E-state index >= 15 is 0 Å². The van der Waals surface area contributed by atoms with E-state index in [9.17, 15) is 9.59 Å². The van der Waals surface area contributed by atoms with Crippen molar-refractivity contribution in [2.24, 2.45) is 0 Å². The molecule has 0 bridgehead atoms. The van der Waals surface area contributed by atoms with Crippen molar-refractivity contribution in [1.29, 1.82) is 0 Å². The number of methoxy groups -OCH3 is 1. The van der Waals surface area contributed by atoms with Gasteiger partial charge in [0.15, 0.2) is 16.6 Å². The molecule has 0 aromatic heterocycles. The van der Waals surface area contributed by atoms with Crippen LogP contribution in [0.4, 0.5) is 5.69 Å². The number of halogens is 1. The van der Waals surface area contributed by atoms with E-state index in [0.29, 0.717) is 33.5 Å². The first-order valence-electron chi connectivity index (χ1n) is 8.12. The summed E-state index contributed by atoms with van der Waals surface area (Å²) in [5.41, 5.74) is 0.834. The highest BCUT2D eigenvalue weighted by Gasteiger charge is 2.35. The minimum Gasteiger partial charge on any atom is -0.496 e. The number of hydrogen-bond acceptors (Lipinski definition) is 6. The van der Waals surface area contributed by atoms with Crippen LogP contribution >= 0.6 is 23.8 Å². The van der Waals surface area contributed by atoms with Crippen molar-refractivity contribution >= 4 is 52.5 Å². The first kappa shape index (κ1) is 18.3. The average molecular weight is 417 g/mol. The maximum Gasteiger partial charge on any atom is 0.270 e. The van der Waals surface area contributed by atoms with Gasteiger partial charge in [0.1, 0.15) is 11.3 Å². The molecule has 7 nitrogen and oxygen atoms in total. The number of carbonyl (C=O) groups is 2. The molecular formula is C19H13ClN2O5S. The van der Waals surface area contributed by atoms with E-state index in [0.717, 1.165) is 0 Å². The Morgan fingerprint density at radius 2 is 1.96 bits per heavy atom. The largest absolute Gasteiger partial charge is 0.496 e. The molecule has 0 radical (unpaired) electrons. The molecule has 0 atom stereocenters. The maximum absolute atomic E-state index is 13.1. The molecule has 2 amide bonds. The van der Waals surface area contributed by atoms with Crippen molar-refractivity contribution in [3.8, 4) is 17.2 Å². The van der Waals surface area contributed by atoms with Gasteiger partial charge in [-0.3, -0.25) is 19.8 Å². The summed E-state index contributed by atoms with van der Waals surface area (Å²) < 4.78 is 16.0. The Morgan fingerprint density at radius 1 is 1.21 bits per heavy atom. The number of nitrogens with one attached hydrogen (secondary N) is 1. The minimum absolute atomic E-state index is 0.0212. The smallest absolute Gasteiger partial charge is 0.270 e. The molecule has 2 aliphatic heterocycles. The van der Waals surface area contributed by atoms with Crippen LogP contribution in [-0.4, -0.2) is 30.8 Å². The van der Waals surface area contributed by atoms with E-state index in [1.807, 2.05) is 0 Å². The fourth-order valence-electron chi connectivity index (χ4n) is 2.89. The molecule has 0 aliphatic carbocycles. The maximum atomic E-state index is 13.1. The summed E-state index contributed by atoms with van der Waals surface area (Å²) in [7, 11) is 1.48. The molecule has 0 saturated carbocycles. The van der Waals surface area contributed by atoms with Crippen LogP contribution in [0.1, 0.15) is 5.56 Å². The Morgan fingerprint density at radius 3 is 2.68 bits per heavy atom. The van der Waals surface area contributed by atoms with E-state index < -0.39 is 11.8 Å². The Balaban J connectivity index is 1.78. The fourth-order valence-corrected chi connectivity index (χ4v) is 3.36. The molecule has 0 unspecified atom stereocenters. The number of amides is 2. The Bertz CT molecular complexity index is 1050. The van der Waals surface area contributed by atoms with Gasteiger partial charge >= 0.3 is 0 Å². The molecule has 2 aromatic rings. The van der Waals surface area contributed by atoms with Gasteiger partial charge in [0, 0.05) is 16.7 Å². The zero-order chi connectivity index (χ0) is 19.8. The van der Waals surface area contributed by atoms with E-state index in [2.05, 4.69) is 5.32 Å². The average Bonchev–Trinajstić information content (AvgIpc) is 3.11. The number of ether oxygens (including phenoxy) is 3. The predicted octanol–water partition coefficient (Wildman–Crippen LogP) is 2.91. The lowest BCUT2D eigenvalue weighted by Gasteiger charge is -2.29. The van der Waals surface area contributed by atoms with Crippen molar-refractivity contribution in [2.45, 2.75) is 0 Å². The molecule has 1 saturated heterocycles. The molecule has 142 valence electrons. The second-order valence-corrected chi connectivity index (χ2v) is 6.71. The molecule has 4 rings (SSSR count). The number of rotatable bonds is 3. The van der Waals surface area contributed by atoms with Gasteiger partial charge in [-0.2, -0.15) is 0 Å². The third-order valence-corrected chi connectivity index (χ3v) is 4.71. The molecular weight excluding hydrogens is 404 g/mol. The highest BCUT2D eigenvalue weighted by atomic mass is 35.5. The van der Waals surface area contributed by atoms with Crippen LogP contribution < -0.4 is 24.4 Å². The first-order valence-corrected chi connectivity index (χ1v) is 8.91. The van der Waals surface area contributed by atoms with Crippen molar-refractivity contribution in [2.75, 3.05) is 18.8 Å². The van der Waals surface area contributed by atoms with E-state index in [1.165, 1.54) is 18.1 Å². The van der Waals surface area contributed by atoms with Crippen molar-refractivity contribution in [1.82, 2.24) is 5.32 Å². The normalized spacial score (nSPS) is 17.1. The van der Waals surface area contributed by atoms with Crippen molar-refractivity contribution in [3.05, 3.63) is 52.6 Å². The van der Waals surface area contributed by atoms with E-state index in [-0.39, 0.29) is 17.5 Å². The highest BCUT2D eigenvalue weighted by molar-refractivity contribution is 7.80. The van der Waals surface area contributed by atoms with Crippen LogP contribution in [0.5, 0.6) is 17.2 Å². The molecule has 1 N–H and O–H groups in total. The lowest BCUT2D eigenvalue weighted by atomic mass is 10.1. The van der Waals surface area contributed by atoms with E-state index in [1.54, 1.807) is 36.4 Å². The van der Waals surface area contributed by atoms with Crippen LogP contribution in [0.15, 0.2) is 42.0 Å². The van der Waals surface area contributed by atoms with E-state index in [4.69, 9.17) is 38.0 Å². The van der Waals surface area contributed by atoms with Gasteiger partial charge in [-0.15, -0.1) is 0 Å². The third kappa shape index (κ3) is 3.17. The number of thiocarbonyl (C=S) groups is 1. The summed E-state index contributed by atoms with van der Waals surface area (Å²) in [4.78, 5) is 26.7. The summed E-state index contributed by atoms with van der Waals surface area (Å²) in [6.45, 7) is 0.0920. The summed E-state index contributed by atoms with van der Waals surface area (Å²) in [5, 5.41) is 2.94. The Hall–Kier alpha value is -3.10. The van der Waals surface area contributed by atoms with Gasteiger partial charge in [-0.1, -0.05) is 17.7 Å². The highest BCUT2D eigenvalue weighted by Crippen LogP contribution is 2.39. The molecule has 1 fully saturated rings. The first-order chi connectivity index (χ1) is 13.5. The van der Waals surface area contributed by atoms with Crippen LogP contribution in [-0.2, 0) is 9.59 Å². The van der Waals surface area contributed by atoms with Gasteiger partial charge in [-0.05, 0) is 42.6 Å². The fraction of sp³-hybridized carbons (Fsp3) is 0.105. The molecule has 0 spiro atoms. The minimum atomic E-state index is -0.604. The lowest BCUT2D eigenvalue weighted by molar-refractivity contribution is -0.122. The Labute approximate surface area is 170 Å². The number of fused-ring (bicyclic) bond motifs is 1. The van der Waals surface area contributed by atoms with Crippen LogP contribution in [0, 0.1) is 0 Å². The van der Waals surface area contributed by atoms with Crippen molar-refractivity contribution < 1.29 is 23.8 Å².